The van der Waals surface area contributed by atoms with E-state index >= 15 is 0 Å². The Morgan fingerprint density at radius 2 is 1.54 bits per heavy atom. The van der Waals surface area contributed by atoms with Gasteiger partial charge in [-0.2, -0.15) is 8.42 Å². The van der Waals surface area contributed by atoms with Gasteiger partial charge in [-0.25, -0.2) is 13.5 Å². The van der Waals surface area contributed by atoms with Crippen molar-refractivity contribution in [1.29, 1.82) is 0 Å². The van der Waals surface area contributed by atoms with Gasteiger partial charge in [-0.1, -0.05) is 0 Å². The standard InChI is InChI=1S/C29H35F2N5O4S/c1-32-41(39,40)34-20-3-5-21(24(18-20)36-15-13-27(7-8-27)14-16-36)25(37)33-19-4-6-23-22(17-19)28(26(38)35(23)2)9-11-29(30,31)12-10-28/h3-6,17-18,32,34H,7-16H2,1-2H3,(H,33,37). The molecule has 3 fully saturated rings. The number of rotatable bonds is 6. The van der Waals surface area contributed by atoms with Gasteiger partial charge in [0.2, 0.25) is 11.8 Å². The predicted molar refractivity (Wildman–Crippen MR) is 154 cm³/mol. The molecule has 2 saturated carbocycles. The van der Waals surface area contributed by atoms with Crippen LogP contribution in [0, 0.1) is 5.41 Å². The lowest BCUT2D eigenvalue weighted by Gasteiger charge is -2.36. The minimum atomic E-state index is -3.74. The van der Waals surface area contributed by atoms with Crippen LogP contribution in [0.15, 0.2) is 36.4 Å². The van der Waals surface area contributed by atoms with Gasteiger partial charge in [0.05, 0.1) is 22.4 Å². The van der Waals surface area contributed by atoms with E-state index in [1.807, 2.05) is 0 Å². The van der Waals surface area contributed by atoms with Gasteiger partial charge >= 0.3 is 0 Å². The number of hydrogen-bond donors (Lipinski definition) is 3. The summed E-state index contributed by atoms with van der Waals surface area (Å²) in [5.41, 5.74) is 2.57. The monoisotopic (exact) mass is 587 g/mol. The summed E-state index contributed by atoms with van der Waals surface area (Å²) in [5, 5.41) is 2.95. The number of benzene rings is 2. The van der Waals surface area contributed by atoms with Gasteiger partial charge in [0.1, 0.15) is 0 Å². The molecule has 41 heavy (non-hydrogen) atoms. The molecular weight excluding hydrogens is 552 g/mol. The number of carbonyl (C=O) groups excluding carboxylic acids is 2. The molecule has 2 aromatic rings. The van der Waals surface area contributed by atoms with Crippen molar-refractivity contribution in [2.24, 2.45) is 5.41 Å². The van der Waals surface area contributed by atoms with E-state index in [0.717, 1.165) is 25.9 Å². The van der Waals surface area contributed by atoms with Crippen LogP contribution in [0.2, 0.25) is 0 Å². The van der Waals surface area contributed by atoms with Crippen molar-refractivity contribution in [3.05, 3.63) is 47.5 Å². The minimum absolute atomic E-state index is 0.0537. The van der Waals surface area contributed by atoms with Gasteiger partial charge < -0.3 is 15.1 Å². The van der Waals surface area contributed by atoms with E-state index < -0.39 is 21.5 Å². The van der Waals surface area contributed by atoms with E-state index in [-0.39, 0.29) is 37.5 Å². The van der Waals surface area contributed by atoms with Crippen molar-refractivity contribution in [2.45, 2.75) is 62.7 Å². The third-order valence-electron chi connectivity index (χ3n) is 9.57. The third-order valence-corrected chi connectivity index (χ3v) is 10.6. The van der Waals surface area contributed by atoms with Gasteiger partial charge in [0.25, 0.3) is 16.1 Å². The molecule has 12 heteroatoms. The number of likely N-dealkylation sites (N-methyl/N-ethyl adjacent to an activating group) is 1. The van der Waals surface area contributed by atoms with Gasteiger partial charge in [-0.05, 0) is 85.9 Å². The first-order chi connectivity index (χ1) is 19.4. The molecule has 2 aromatic carbocycles. The normalized spacial score (nSPS) is 22.1. The van der Waals surface area contributed by atoms with Crippen LogP contribution in [0.3, 0.4) is 0 Å². The number of alkyl halides is 2. The first-order valence-corrected chi connectivity index (χ1v) is 15.6. The molecule has 0 unspecified atom stereocenters. The molecule has 1 saturated heterocycles. The van der Waals surface area contributed by atoms with E-state index in [2.05, 4.69) is 19.7 Å². The number of nitrogens with zero attached hydrogens (tertiary/aromatic N) is 2. The quantitative estimate of drug-likeness (QED) is 0.457. The number of carbonyl (C=O) groups is 2. The molecule has 4 aliphatic rings. The summed E-state index contributed by atoms with van der Waals surface area (Å²) in [7, 11) is -0.774. The highest BCUT2D eigenvalue weighted by Gasteiger charge is 2.54. The molecule has 2 heterocycles. The van der Waals surface area contributed by atoms with Crippen LogP contribution in [0.5, 0.6) is 0 Å². The van der Waals surface area contributed by atoms with Crippen molar-refractivity contribution in [1.82, 2.24) is 4.72 Å². The summed E-state index contributed by atoms with van der Waals surface area (Å²) in [5.74, 6) is -3.35. The van der Waals surface area contributed by atoms with Crippen LogP contribution in [-0.4, -0.2) is 53.3 Å². The number of nitrogens with one attached hydrogen (secondary N) is 3. The zero-order valence-corrected chi connectivity index (χ0v) is 24.0. The first kappa shape index (κ1) is 27.9. The molecule has 0 atom stereocenters. The summed E-state index contributed by atoms with van der Waals surface area (Å²) in [4.78, 5) is 30.6. The molecule has 2 aliphatic carbocycles. The van der Waals surface area contributed by atoms with Crippen molar-refractivity contribution in [3.8, 4) is 0 Å². The lowest BCUT2D eigenvalue weighted by atomic mass is 9.69. The zero-order chi connectivity index (χ0) is 29.2. The number of hydrogen-bond acceptors (Lipinski definition) is 5. The van der Waals surface area contributed by atoms with Crippen molar-refractivity contribution < 1.29 is 26.8 Å². The fourth-order valence-corrected chi connectivity index (χ4v) is 7.25. The Balaban J connectivity index is 1.29. The number of anilines is 4. The number of fused-ring (bicyclic) bond motifs is 2. The molecule has 9 nitrogen and oxygen atoms in total. The molecule has 0 radical (unpaired) electrons. The van der Waals surface area contributed by atoms with Crippen molar-refractivity contribution >= 4 is 44.8 Å². The minimum Gasteiger partial charge on any atom is -0.371 e. The second-order valence-corrected chi connectivity index (χ2v) is 13.6. The topological polar surface area (TPSA) is 111 Å². The van der Waals surface area contributed by atoms with E-state index in [1.54, 1.807) is 43.4 Å². The van der Waals surface area contributed by atoms with Gasteiger partial charge in [0.15, 0.2) is 0 Å². The molecule has 6 rings (SSSR count). The maximum atomic E-state index is 14.0. The van der Waals surface area contributed by atoms with Crippen LogP contribution in [0.1, 0.15) is 67.3 Å². The maximum Gasteiger partial charge on any atom is 0.298 e. The SMILES string of the molecule is CNS(=O)(=O)Nc1ccc(C(=O)Nc2ccc3c(c2)C2(CCC(F)(F)CC2)C(=O)N3C)c(N2CCC3(CC2)CC3)c1. The second-order valence-electron chi connectivity index (χ2n) is 12.0. The van der Waals surface area contributed by atoms with Crippen molar-refractivity contribution in [3.63, 3.8) is 0 Å². The molecule has 0 aromatic heterocycles. The zero-order valence-electron chi connectivity index (χ0n) is 23.2. The Morgan fingerprint density at radius 3 is 2.17 bits per heavy atom. The Morgan fingerprint density at radius 1 is 0.878 bits per heavy atom. The summed E-state index contributed by atoms with van der Waals surface area (Å²) in [6.07, 6.45) is 3.90. The van der Waals surface area contributed by atoms with Gasteiger partial charge in [-0.15, -0.1) is 0 Å². The van der Waals surface area contributed by atoms with Crippen LogP contribution < -0.4 is 24.6 Å². The second kappa shape index (κ2) is 9.65. The molecule has 220 valence electrons. The average Bonchev–Trinajstić information content (AvgIpc) is 3.67. The van der Waals surface area contributed by atoms with Crippen LogP contribution in [0.25, 0.3) is 0 Å². The average molecular weight is 588 g/mol. The Kier molecular flexibility index (Phi) is 6.57. The highest BCUT2D eigenvalue weighted by Crippen LogP contribution is 2.55. The van der Waals surface area contributed by atoms with E-state index in [9.17, 15) is 26.8 Å². The highest BCUT2D eigenvalue weighted by atomic mass is 32.2. The molecule has 2 amide bonds. The smallest absolute Gasteiger partial charge is 0.298 e. The molecular formula is C29H35F2N5O4S. The number of halogens is 2. The number of piperidine rings is 1. The summed E-state index contributed by atoms with van der Waals surface area (Å²) in [6, 6.07) is 10.0. The van der Waals surface area contributed by atoms with E-state index in [4.69, 9.17) is 0 Å². The van der Waals surface area contributed by atoms with E-state index in [1.165, 1.54) is 24.8 Å². The largest absolute Gasteiger partial charge is 0.371 e. The Hall–Kier alpha value is -3.25. The predicted octanol–water partition coefficient (Wildman–Crippen LogP) is 4.62. The Bertz CT molecular complexity index is 1510. The summed E-state index contributed by atoms with van der Waals surface area (Å²) < 4.78 is 57.0. The fraction of sp³-hybridized carbons (Fsp3) is 0.517. The lowest BCUT2D eigenvalue weighted by molar-refractivity contribution is -0.127. The van der Waals surface area contributed by atoms with Gasteiger partial charge in [-0.3, -0.25) is 14.3 Å². The fourth-order valence-electron chi connectivity index (χ4n) is 6.71. The molecule has 0 bridgehead atoms. The van der Waals surface area contributed by atoms with Crippen LogP contribution in [-0.2, 0) is 20.4 Å². The van der Waals surface area contributed by atoms with Crippen LogP contribution in [0.4, 0.5) is 31.5 Å². The maximum absolute atomic E-state index is 14.0. The van der Waals surface area contributed by atoms with Crippen molar-refractivity contribution in [2.75, 3.05) is 47.0 Å². The first-order valence-electron chi connectivity index (χ1n) is 14.1. The van der Waals surface area contributed by atoms with Gasteiger partial charge in [0, 0.05) is 51.4 Å². The molecule has 2 spiro atoms. The lowest BCUT2D eigenvalue weighted by Crippen LogP contribution is -2.44. The van der Waals surface area contributed by atoms with E-state index in [0.29, 0.717) is 39.3 Å². The Labute approximate surface area is 238 Å². The highest BCUT2D eigenvalue weighted by molar-refractivity contribution is 7.90. The number of amides is 2. The third kappa shape index (κ3) is 5.05. The summed E-state index contributed by atoms with van der Waals surface area (Å²) >= 11 is 0. The summed E-state index contributed by atoms with van der Waals surface area (Å²) in [6.45, 7) is 1.53. The molecule has 3 N–H and O–H groups in total. The van der Waals surface area contributed by atoms with Crippen LogP contribution >= 0.6 is 0 Å². The molecule has 2 aliphatic heterocycles.